The number of H-pyrrole nitrogens is 1. The highest BCUT2D eigenvalue weighted by atomic mass is 35.5. The molecule has 0 saturated carbocycles. The van der Waals surface area contributed by atoms with E-state index in [9.17, 15) is 14.0 Å². The normalized spacial score (nSPS) is 10.5. The van der Waals surface area contributed by atoms with E-state index in [0.717, 1.165) is 0 Å². The lowest BCUT2D eigenvalue weighted by Crippen LogP contribution is -2.14. The van der Waals surface area contributed by atoms with Gasteiger partial charge in [0.05, 0.1) is 16.3 Å². The number of carbonyl (C=O) groups excluding carboxylic acids is 2. The summed E-state index contributed by atoms with van der Waals surface area (Å²) in [6.45, 7) is 4.85. The lowest BCUT2D eigenvalue weighted by molar-refractivity contribution is 0.101. The molecular weight excluding hydrogens is 295 g/mol. The predicted molar refractivity (Wildman–Crippen MR) is 79.6 cm³/mol. The third kappa shape index (κ3) is 2.97. The Kier molecular flexibility index (Phi) is 4.14. The fourth-order valence-corrected chi connectivity index (χ4v) is 2.39. The Morgan fingerprint density at radius 3 is 2.48 bits per heavy atom. The largest absolute Gasteiger partial charge is 0.355 e. The first-order valence-corrected chi connectivity index (χ1v) is 6.65. The summed E-state index contributed by atoms with van der Waals surface area (Å²) in [5.41, 5.74) is 2.39. The van der Waals surface area contributed by atoms with Gasteiger partial charge in [-0.25, -0.2) is 4.39 Å². The number of nitrogens with one attached hydrogen (secondary N) is 2. The first-order chi connectivity index (χ1) is 9.81. The molecule has 0 atom stereocenters. The van der Waals surface area contributed by atoms with Crippen molar-refractivity contribution in [2.45, 2.75) is 20.8 Å². The molecule has 0 bridgehead atoms. The molecule has 2 N–H and O–H groups in total. The summed E-state index contributed by atoms with van der Waals surface area (Å²) in [5, 5.41) is 2.57. The van der Waals surface area contributed by atoms with Crippen LogP contribution in [-0.4, -0.2) is 16.7 Å². The molecule has 21 heavy (non-hydrogen) atoms. The van der Waals surface area contributed by atoms with Gasteiger partial charge in [0, 0.05) is 18.3 Å². The standard InChI is InChI=1S/C15H14ClFN2O2/c1-7-13(8(2)18-14(7)9(3)20)15(21)19-10-4-5-12(17)11(16)6-10/h4-6,18H,1-3H3,(H,19,21). The summed E-state index contributed by atoms with van der Waals surface area (Å²) in [5.74, 6) is -1.07. The van der Waals surface area contributed by atoms with Crippen molar-refractivity contribution >= 4 is 29.0 Å². The average Bonchev–Trinajstić information content (AvgIpc) is 2.69. The Bertz CT molecular complexity index is 738. The molecule has 0 aliphatic rings. The predicted octanol–water partition coefficient (Wildman–Crippen LogP) is 3.88. The maximum atomic E-state index is 13.1. The summed E-state index contributed by atoms with van der Waals surface area (Å²) >= 11 is 5.67. The molecule has 0 saturated heterocycles. The zero-order valence-electron chi connectivity index (χ0n) is 11.8. The quantitative estimate of drug-likeness (QED) is 0.845. The minimum absolute atomic E-state index is 0.0697. The highest BCUT2D eigenvalue weighted by Gasteiger charge is 2.20. The second-order valence-corrected chi connectivity index (χ2v) is 5.17. The number of aromatic nitrogens is 1. The van der Waals surface area contributed by atoms with Crippen LogP contribution in [0, 0.1) is 19.7 Å². The molecule has 4 nitrogen and oxygen atoms in total. The number of aryl methyl sites for hydroxylation is 1. The van der Waals surface area contributed by atoms with Crippen molar-refractivity contribution in [2.24, 2.45) is 0 Å². The molecule has 1 aromatic carbocycles. The lowest BCUT2D eigenvalue weighted by Gasteiger charge is -2.07. The van der Waals surface area contributed by atoms with E-state index in [2.05, 4.69) is 10.3 Å². The van der Waals surface area contributed by atoms with Gasteiger partial charge >= 0.3 is 0 Å². The number of Topliss-reactive ketones (excluding diaryl/α,β-unsaturated/α-hetero) is 1. The van der Waals surface area contributed by atoms with Crippen LogP contribution in [0.4, 0.5) is 10.1 Å². The van der Waals surface area contributed by atoms with Crippen molar-refractivity contribution in [3.8, 4) is 0 Å². The molecule has 0 aliphatic carbocycles. The topological polar surface area (TPSA) is 62.0 Å². The van der Waals surface area contributed by atoms with E-state index in [4.69, 9.17) is 11.6 Å². The summed E-state index contributed by atoms with van der Waals surface area (Å²) in [6.07, 6.45) is 0. The highest BCUT2D eigenvalue weighted by Crippen LogP contribution is 2.22. The van der Waals surface area contributed by atoms with E-state index in [1.807, 2.05) is 0 Å². The number of carbonyl (C=O) groups is 2. The number of halogens is 2. The van der Waals surface area contributed by atoms with Gasteiger partial charge in [-0.15, -0.1) is 0 Å². The third-order valence-corrected chi connectivity index (χ3v) is 3.48. The first kappa shape index (κ1) is 15.3. The van der Waals surface area contributed by atoms with Crippen LogP contribution in [0.5, 0.6) is 0 Å². The van der Waals surface area contributed by atoms with E-state index < -0.39 is 5.82 Å². The van der Waals surface area contributed by atoms with Crippen molar-refractivity contribution in [1.82, 2.24) is 4.98 Å². The minimum Gasteiger partial charge on any atom is -0.355 e. The molecule has 0 spiro atoms. The van der Waals surface area contributed by atoms with E-state index in [1.165, 1.54) is 25.1 Å². The fraction of sp³-hybridized carbons (Fsp3) is 0.200. The van der Waals surface area contributed by atoms with Crippen LogP contribution < -0.4 is 5.32 Å². The number of hydrogen-bond acceptors (Lipinski definition) is 2. The van der Waals surface area contributed by atoms with Gasteiger partial charge in [-0.1, -0.05) is 11.6 Å². The van der Waals surface area contributed by atoms with Crippen molar-refractivity contribution in [3.05, 3.63) is 51.6 Å². The number of rotatable bonds is 3. The average molecular weight is 309 g/mol. The van der Waals surface area contributed by atoms with Crippen molar-refractivity contribution < 1.29 is 14.0 Å². The highest BCUT2D eigenvalue weighted by molar-refractivity contribution is 6.31. The molecule has 6 heteroatoms. The second kappa shape index (κ2) is 5.69. The van der Waals surface area contributed by atoms with Crippen molar-refractivity contribution in [3.63, 3.8) is 0 Å². The second-order valence-electron chi connectivity index (χ2n) is 4.76. The summed E-state index contributed by atoms with van der Waals surface area (Å²) in [6, 6.07) is 3.93. The van der Waals surface area contributed by atoms with Crippen molar-refractivity contribution in [2.75, 3.05) is 5.32 Å². The molecule has 0 unspecified atom stereocenters. The van der Waals surface area contributed by atoms with Gasteiger partial charge in [0.2, 0.25) is 0 Å². The SMILES string of the molecule is CC(=O)c1[nH]c(C)c(C(=O)Nc2ccc(F)c(Cl)c2)c1C. The van der Waals surface area contributed by atoms with Crippen LogP contribution in [0.2, 0.25) is 5.02 Å². The number of ketones is 1. The molecule has 0 aliphatic heterocycles. The van der Waals surface area contributed by atoms with Gasteiger partial charge in [-0.2, -0.15) is 0 Å². The van der Waals surface area contributed by atoms with Crippen LogP contribution in [0.15, 0.2) is 18.2 Å². The van der Waals surface area contributed by atoms with Crippen LogP contribution in [0.3, 0.4) is 0 Å². The van der Waals surface area contributed by atoms with E-state index in [-0.39, 0.29) is 16.7 Å². The number of anilines is 1. The van der Waals surface area contributed by atoms with Crippen LogP contribution in [-0.2, 0) is 0 Å². The molecule has 1 aromatic heterocycles. The maximum Gasteiger partial charge on any atom is 0.257 e. The molecule has 1 amide bonds. The first-order valence-electron chi connectivity index (χ1n) is 6.27. The monoisotopic (exact) mass is 308 g/mol. The molecule has 0 radical (unpaired) electrons. The zero-order chi connectivity index (χ0) is 15.7. The van der Waals surface area contributed by atoms with E-state index in [0.29, 0.717) is 28.2 Å². The number of hydrogen-bond donors (Lipinski definition) is 2. The van der Waals surface area contributed by atoms with Gasteiger partial charge in [0.25, 0.3) is 5.91 Å². The number of aromatic amines is 1. The zero-order valence-corrected chi connectivity index (χ0v) is 12.6. The maximum absolute atomic E-state index is 13.1. The smallest absolute Gasteiger partial charge is 0.257 e. The van der Waals surface area contributed by atoms with Gasteiger partial charge < -0.3 is 10.3 Å². The van der Waals surface area contributed by atoms with E-state index >= 15 is 0 Å². The molecule has 110 valence electrons. The summed E-state index contributed by atoms with van der Waals surface area (Å²) in [7, 11) is 0. The Morgan fingerprint density at radius 1 is 1.29 bits per heavy atom. The summed E-state index contributed by atoms with van der Waals surface area (Å²) in [4.78, 5) is 26.7. The third-order valence-electron chi connectivity index (χ3n) is 3.19. The van der Waals surface area contributed by atoms with Gasteiger partial charge in [-0.3, -0.25) is 9.59 Å². The minimum atomic E-state index is -0.553. The van der Waals surface area contributed by atoms with Gasteiger partial charge in [0.15, 0.2) is 5.78 Å². The molecule has 2 rings (SSSR count). The van der Waals surface area contributed by atoms with Gasteiger partial charge in [-0.05, 0) is 37.6 Å². The molecule has 2 aromatic rings. The summed E-state index contributed by atoms with van der Waals surface area (Å²) < 4.78 is 13.1. The Morgan fingerprint density at radius 2 is 1.95 bits per heavy atom. The van der Waals surface area contributed by atoms with Crippen molar-refractivity contribution in [1.29, 1.82) is 0 Å². The number of amides is 1. The number of benzene rings is 1. The van der Waals surface area contributed by atoms with Crippen LogP contribution in [0.1, 0.15) is 39.0 Å². The lowest BCUT2D eigenvalue weighted by atomic mass is 10.1. The Labute approximate surface area is 126 Å². The molecule has 1 heterocycles. The molecule has 0 fully saturated rings. The Hall–Kier alpha value is -2.14. The van der Waals surface area contributed by atoms with E-state index in [1.54, 1.807) is 13.8 Å². The molecular formula is C15H14ClFN2O2. The van der Waals surface area contributed by atoms with Crippen LogP contribution in [0.25, 0.3) is 0 Å². The van der Waals surface area contributed by atoms with Crippen LogP contribution >= 0.6 is 11.6 Å². The fourth-order valence-electron chi connectivity index (χ4n) is 2.21. The Balaban J connectivity index is 2.32. The van der Waals surface area contributed by atoms with Gasteiger partial charge in [0.1, 0.15) is 5.82 Å².